The molecule has 0 aromatic carbocycles. The molecule has 25 heavy (non-hydrogen) atoms. The maximum absolute atomic E-state index is 13.0. The third-order valence-corrected chi connectivity index (χ3v) is 8.17. The number of hydrogen-bond acceptors (Lipinski definition) is 3. The van der Waals surface area contributed by atoms with Gasteiger partial charge in [0.1, 0.15) is 6.61 Å². The van der Waals surface area contributed by atoms with Gasteiger partial charge in [0.15, 0.2) is 0 Å². The molecule has 0 bridgehead atoms. The Hall–Kier alpha value is -0.220. The molecule has 0 aromatic rings. The monoisotopic (exact) mass is 367 g/mol. The molecule has 0 N–H and O–H groups in total. The molecular formula is C21H37NO2S. The van der Waals surface area contributed by atoms with Crippen LogP contribution in [0, 0.1) is 11.8 Å². The van der Waals surface area contributed by atoms with Crippen LogP contribution in [0.3, 0.4) is 0 Å². The number of amides is 1. The summed E-state index contributed by atoms with van der Waals surface area (Å²) in [5, 5.41) is 0.626. The van der Waals surface area contributed by atoms with E-state index >= 15 is 0 Å². The van der Waals surface area contributed by atoms with Gasteiger partial charge in [-0.25, -0.2) is 0 Å². The lowest BCUT2D eigenvalue weighted by molar-refractivity contribution is -0.142. The van der Waals surface area contributed by atoms with Crippen LogP contribution in [0.15, 0.2) is 0 Å². The van der Waals surface area contributed by atoms with Crippen molar-refractivity contribution >= 4 is 17.7 Å². The molecule has 0 radical (unpaired) electrons. The number of rotatable bonds is 6. The van der Waals surface area contributed by atoms with Crippen molar-refractivity contribution in [1.29, 1.82) is 0 Å². The van der Waals surface area contributed by atoms with Gasteiger partial charge in [-0.15, -0.1) is 0 Å². The molecule has 0 aromatic heterocycles. The molecule has 2 unspecified atom stereocenters. The summed E-state index contributed by atoms with van der Waals surface area (Å²) >= 11 is 2.07. The second-order valence-corrected chi connectivity index (χ2v) is 10.1. The molecule has 1 aliphatic heterocycles. The van der Waals surface area contributed by atoms with Gasteiger partial charge in [0.05, 0.1) is 6.10 Å². The summed E-state index contributed by atoms with van der Waals surface area (Å²) in [7, 11) is 0. The molecule has 2 saturated carbocycles. The van der Waals surface area contributed by atoms with Crippen molar-refractivity contribution in [3.63, 3.8) is 0 Å². The van der Waals surface area contributed by atoms with Gasteiger partial charge in [0, 0.05) is 17.8 Å². The molecule has 3 fully saturated rings. The average Bonchev–Trinajstić information content (AvgIpc) is 3.04. The topological polar surface area (TPSA) is 29.5 Å². The maximum Gasteiger partial charge on any atom is 0.248 e. The number of nitrogens with zero attached hydrogens (tertiary/aromatic N) is 1. The van der Waals surface area contributed by atoms with Gasteiger partial charge in [-0.1, -0.05) is 33.1 Å². The first-order valence-electron chi connectivity index (χ1n) is 10.7. The number of thioether (sulfide) groups is 1. The average molecular weight is 368 g/mol. The van der Waals surface area contributed by atoms with Crippen LogP contribution in [0.25, 0.3) is 0 Å². The first-order chi connectivity index (χ1) is 12.1. The molecule has 1 heterocycles. The Morgan fingerprint density at radius 1 is 1.00 bits per heavy atom. The van der Waals surface area contributed by atoms with E-state index in [1.807, 2.05) is 0 Å². The highest BCUT2D eigenvalue weighted by Gasteiger charge is 2.32. The fourth-order valence-electron chi connectivity index (χ4n) is 4.70. The van der Waals surface area contributed by atoms with Crippen molar-refractivity contribution in [2.24, 2.45) is 11.8 Å². The van der Waals surface area contributed by atoms with Crippen LogP contribution in [-0.2, 0) is 9.53 Å². The van der Waals surface area contributed by atoms with Crippen molar-refractivity contribution < 1.29 is 9.53 Å². The number of hydrogen-bond donors (Lipinski definition) is 0. The minimum Gasteiger partial charge on any atom is -0.368 e. The summed E-state index contributed by atoms with van der Waals surface area (Å²) in [5.41, 5.74) is 0. The smallest absolute Gasteiger partial charge is 0.248 e. The molecule has 0 spiro atoms. The van der Waals surface area contributed by atoms with E-state index in [-0.39, 0.29) is 5.91 Å². The quantitative estimate of drug-likeness (QED) is 0.670. The van der Waals surface area contributed by atoms with Crippen molar-refractivity contribution in [2.45, 2.75) is 95.5 Å². The predicted molar refractivity (Wildman–Crippen MR) is 106 cm³/mol. The van der Waals surface area contributed by atoms with Crippen LogP contribution in [0.1, 0.15) is 78.1 Å². The highest BCUT2D eigenvalue weighted by molar-refractivity contribution is 8.00. The Labute approximate surface area is 158 Å². The van der Waals surface area contributed by atoms with Crippen molar-refractivity contribution in [3.8, 4) is 0 Å². The van der Waals surface area contributed by atoms with Gasteiger partial charge >= 0.3 is 0 Å². The zero-order chi connectivity index (χ0) is 17.6. The molecular weight excluding hydrogens is 330 g/mol. The Morgan fingerprint density at radius 2 is 1.72 bits per heavy atom. The van der Waals surface area contributed by atoms with Crippen LogP contribution in [0.5, 0.6) is 0 Å². The lowest BCUT2D eigenvalue weighted by Crippen LogP contribution is -2.47. The molecule has 4 heteroatoms. The summed E-state index contributed by atoms with van der Waals surface area (Å²) in [6, 6.07) is 0.463. The molecule has 3 aliphatic rings. The summed E-state index contributed by atoms with van der Waals surface area (Å²) in [5.74, 6) is 3.08. The largest absolute Gasteiger partial charge is 0.368 e. The molecule has 1 amide bonds. The van der Waals surface area contributed by atoms with Gasteiger partial charge < -0.3 is 9.64 Å². The van der Waals surface area contributed by atoms with Gasteiger partial charge in [-0.05, 0) is 62.5 Å². The minimum atomic E-state index is 0.255. The third-order valence-electron chi connectivity index (χ3n) is 6.66. The van der Waals surface area contributed by atoms with Gasteiger partial charge in [-0.3, -0.25) is 4.79 Å². The Bertz CT molecular complexity index is 416. The lowest BCUT2D eigenvalue weighted by atomic mass is 9.89. The van der Waals surface area contributed by atoms with Crippen LogP contribution < -0.4 is 0 Å². The zero-order valence-electron chi connectivity index (χ0n) is 16.3. The first kappa shape index (κ1) is 19.5. The lowest BCUT2D eigenvalue weighted by Gasteiger charge is -2.37. The van der Waals surface area contributed by atoms with Crippen LogP contribution in [0.4, 0.5) is 0 Å². The minimum absolute atomic E-state index is 0.255. The normalized spacial score (nSPS) is 34.2. The number of ether oxygens (including phenoxy) is 1. The van der Waals surface area contributed by atoms with E-state index in [1.54, 1.807) is 0 Å². The van der Waals surface area contributed by atoms with E-state index in [0.29, 0.717) is 24.0 Å². The van der Waals surface area contributed by atoms with E-state index in [1.165, 1.54) is 57.1 Å². The molecule has 144 valence electrons. The third kappa shape index (κ3) is 5.63. The highest BCUT2D eigenvalue weighted by Crippen LogP contribution is 2.34. The highest BCUT2D eigenvalue weighted by atomic mass is 32.2. The molecule has 2 aliphatic carbocycles. The summed E-state index contributed by atoms with van der Waals surface area (Å²) in [4.78, 5) is 15.3. The Morgan fingerprint density at radius 3 is 2.36 bits per heavy atom. The van der Waals surface area contributed by atoms with Crippen LogP contribution >= 0.6 is 11.8 Å². The van der Waals surface area contributed by atoms with Crippen molar-refractivity contribution in [2.75, 3.05) is 18.9 Å². The molecule has 1 saturated heterocycles. The van der Waals surface area contributed by atoms with E-state index in [4.69, 9.17) is 4.74 Å². The van der Waals surface area contributed by atoms with Crippen molar-refractivity contribution in [1.82, 2.24) is 4.90 Å². The standard InChI is InChI=1S/C21H37NO2S/c1-16-8-10-19(11-9-16)24-15-21(23)22(18-6-4-3-5-7-18)14-20-17(2)12-13-25-20/h16-20H,3-15H2,1-2H3. The maximum atomic E-state index is 13.0. The summed E-state index contributed by atoms with van der Waals surface area (Å²) < 4.78 is 6.06. The fourth-order valence-corrected chi connectivity index (χ4v) is 6.24. The Balaban J connectivity index is 1.54. The predicted octanol–water partition coefficient (Wildman–Crippen LogP) is 4.88. The summed E-state index contributed by atoms with van der Waals surface area (Å²) in [6.07, 6.45) is 12.7. The first-order valence-corrected chi connectivity index (χ1v) is 11.7. The van der Waals surface area contributed by atoms with E-state index in [0.717, 1.165) is 31.2 Å². The SMILES string of the molecule is CC1CCC(OCC(=O)N(CC2SCCC2C)C2CCCCC2)CC1. The van der Waals surface area contributed by atoms with Crippen LogP contribution in [-0.4, -0.2) is 47.1 Å². The molecule has 3 rings (SSSR count). The van der Waals surface area contributed by atoms with Gasteiger partial charge in [-0.2, -0.15) is 11.8 Å². The molecule has 2 atom stereocenters. The van der Waals surface area contributed by atoms with E-state index in [9.17, 15) is 4.79 Å². The summed E-state index contributed by atoms with van der Waals surface area (Å²) in [6.45, 7) is 5.93. The van der Waals surface area contributed by atoms with Crippen molar-refractivity contribution in [3.05, 3.63) is 0 Å². The second kappa shape index (κ2) is 9.64. The van der Waals surface area contributed by atoms with Crippen LogP contribution in [0.2, 0.25) is 0 Å². The van der Waals surface area contributed by atoms with Gasteiger partial charge in [0.2, 0.25) is 5.91 Å². The van der Waals surface area contributed by atoms with E-state index in [2.05, 4.69) is 30.5 Å². The number of carbonyl (C=O) groups is 1. The zero-order valence-corrected chi connectivity index (χ0v) is 17.1. The van der Waals surface area contributed by atoms with E-state index < -0.39 is 0 Å². The number of carbonyl (C=O) groups excluding carboxylic acids is 1. The Kier molecular flexibility index (Phi) is 7.53. The molecule has 3 nitrogen and oxygen atoms in total. The van der Waals surface area contributed by atoms with Gasteiger partial charge in [0.25, 0.3) is 0 Å². The fraction of sp³-hybridized carbons (Fsp3) is 0.952. The second-order valence-electron chi connectivity index (χ2n) is 8.71.